The van der Waals surface area contributed by atoms with Crippen molar-refractivity contribution in [2.45, 2.75) is 32.6 Å². The van der Waals surface area contributed by atoms with Crippen molar-refractivity contribution < 1.29 is 13.9 Å². The van der Waals surface area contributed by atoms with Crippen LogP contribution in [0.25, 0.3) is 0 Å². The number of likely N-dealkylation sites (tertiary alicyclic amines) is 1. The van der Waals surface area contributed by atoms with Gasteiger partial charge in [0.2, 0.25) is 0 Å². The van der Waals surface area contributed by atoms with Crippen LogP contribution in [0.4, 0.5) is 10.1 Å². The van der Waals surface area contributed by atoms with Gasteiger partial charge in [-0.1, -0.05) is 12.1 Å². The summed E-state index contributed by atoms with van der Waals surface area (Å²) in [5.74, 6) is 0. The molecule has 5 heteroatoms. The average Bonchev–Trinajstić information content (AvgIpc) is 2.50. The number of nitrogens with zero attached hydrogens (tertiary/aromatic N) is 1. The minimum Gasteiger partial charge on any atom is -0.380 e. The molecule has 0 saturated carbocycles. The van der Waals surface area contributed by atoms with Gasteiger partial charge in [-0.3, -0.25) is 9.29 Å². The molecule has 124 valence electrons. The van der Waals surface area contributed by atoms with Gasteiger partial charge < -0.3 is 14.8 Å². The minimum absolute atomic E-state index is 0.225. The number of anilines is 1. The Morgan fingerprint density at radius 2 is 1.82 bits per heavy atom. The highest BCUT2D eigenvalue weighted by Crippen LogP contribution is 2.22. The number of benzene rings is 1. The Morgan fingerprint density at radius 3 is 2.36 bits per heavy atom. The molecule has 1 saturated heterocycles. The molecule has 0 atom stereocenters. The number of hydrogen-bond donors (Lipinski definition) is 1. The van der Waals surface area contributed by atoms with Gasteiger partial charge in [0, 0.05) is 44.1 Å². The van der Waals surface area contributed by atoms with Gasteiger partial charge in [0.15, 0.2) is 6.29 Å². The predicted molar refractivity (Wildman–Crippen MR) is 86.9 cm³/mol. The van der Waals surface area contributed by atoms with E-state index >= 15 is 0 Å². The lowest BCUT2D eigenvalue weighted by Gasteiger charge is -2.40. The first-order chi connectivity index (χ1) is 10.8. The number of rotatable bonds is 10. The zero-order valence-electron chi connectivity index (χ0n) is 13.6. The third-order valence-electron chi connectivity index (χ3n) is 3.75. The maximum Gasteiger partial charge on any atom is 0.183 e. The first kappa shape index (κ1) is 17.2. The molecule has 2 rings (SSSR count). The molecule has 1 fully saturated rings. The number of hydrogen-bond acceptors (Lipinski definition) is 4. The molecule has 0 unspecified atom stereocenters. The summed E-state index contributed by atoms with van der Waals surface area (Å²) in [5.41, 5.74) is 2.14. The van der Waals surface area contributed by atoms with Crippen LogP contribution in [0.3, 0.4) is 0 Å². The van der Waals surface area contributed by atoms with Crippen LogP contribution in [0, 0.1) is 0 Å². The first-order valence-corrected chi connectivity index (χ1v) is 8.14. The highest BCUT2D eigenvalue weighted by atomic mass is 19.1. The van der Waals surface area contributed by atoms with Crippen LogP contribution in [0.15, 0.2) is 24.3 Å². The van der Waals surface area contributed by atoms with Gasteiger partial charge in [-0.25, -0.2) is 0 Å². The molecule has 0 aliphatic carbocycles. The predicted octanol–water partition coefficient (Wildman–Crippen LogP) is 3.21. The van der Waals surface area contributed by atoms with Crippen molar-refractivity contribution >= 4 is 5.69 Å². The number of ether oxygens (including phenoxy) is 2. The minimum atomic E-state index is -0.288. The number of alkyl halides is 1. The summed E-state index contributed by atoms with van der Waals surface area (Å²) in [4.78, 5) is 2.27. The van der Waals surface area contributed by atoms with Crippen molar-refractivity contribution in [3.8, 4) is 0 Å². The summed E-state index contributed by atoms with van der Waals surface area (Å²) >= 11 is 0. The normalized spacial score (nSPS) is 16.0. The second-order valence-electron chi connectivity index (χ2n) is 5.51. The third kappa shape index (κ3) is 4.93. The number of halogens is 1. The lowest BCUT2D eigenvalue weighted by molar-refractivity contribution is -0.140. The zero-order chi connectivity index (χ0) is 15.8. The van der Waals surface area contributed by atoms with Crippen LogP contribution in [0.5, 0.6) is 0 Å². The molecule has 22 heavy (non-hydrogen) atoms. The quantitative estimate of drug-likeness (QED) is 0.673. The summed E-state index contributed by atoms with van der Waals surface area (Å²) in [6.07, 6.45) is 0.349. The van der Waals surface area contributed by atoms with Crippen LogP contribution in [-0.4, -0.2) is 50.5 Å². The van der Waals surface area contributed by atoms with Crippen molar-refractivity contribution in [2.75, 3.05) is 44.8 Å². The van der Waals surface area contributed by atoms with Crippen LogP contribution >= 0.6 is 0 Å². The Bertz CT molecular complexity index is 415. The van der Waals surface area contributed by atoms with Crippen LogP contribution in [0.1, 0.15) is 32.1 Å². The van der Waals surface area contributed by atoms with Gasteiger partial charge in [0.1, 0.15) is 0 Å². The lowest BCUT2D eigenvalue weighted by atomic mass is 10.1. The molecule has 0 aromatic heterocycles. The van der Waals surface area contributed by atoms with E-state index < -0.39 is 0 Å². The molecule has 0 bridgehead atoms. The monoisotopic (exact) mass is 310 g/mol. The van der Waals surface area contributed by atoms with Crippen molar-refractivity contribution in [1.29, 1.82) is 0 Å². The molecular weight excluding hydrogens is 283 g/mol. The molecule has 1 aliphatic rings. The van der Waals surface area contributed by atoms with E-state index in [1.54, 1.807) is 0 Å². The average molecular weight is 310 g/mol. The number of nitrogens with one attached hydrogen (secondary N) is 1. The molecule has 0 radical (unpaired) electrons. The molecule has 0 amide bonds. The second-order valence-corrected chi connectivity index (χ2v) is 5.51. The Labute approximate surface area is 132 Å². The SMILES string of the molecule is CCOC(OCC)c1ccc(NC2CN(CCCF)C2)cc1. The standard InChI is InChI=1S/C17H27FN2O2/c1-3-21-17(22-4-2)14-6-8-15(9-7-14)19-16-12-20(13-16)11-5-10-18/h6-9,16-17,19H,3-5,10-13H2,1-2H3. The van der Waals surface area contributed by atoms with Crippen LogP contribution < -0.4 is 5.32 Å². The van der Waals surface area contributed by atoms with E-state index in [0.717, 1.165) is 30.9 Å². The summed E-state index contributed by atoms with van der Waals surface area (Å²) in [7, 11) is 0. The highest BCUT2D eigenvalue weighted by molar-refractivity contribution is 5.46. The largest absolute Gasteiger partial charge is 0.380 e. The van der Waals surface area contributed by atoms with Gasteiger partial charge in [-0.2, -0.15) is 0 Å². The molecule has 1 aromatic rings. The van der Waals surface area contributed by atoms with E-state index in [1.165, 1.54) is 0 Å². The molecule has 1 aromatic carbocycles. The van der Waals surface area contributed by atoms with Gasteiger partial charge in [0.25, 0.3) is 0 Å². The van der Waals surface area contributed by atoms with Crippen molar-refractivity contribution in [2.24, 2.45) is 0 Å². The third-order valence-corrected chi connectivity index (χ3v) is 3.75. The fourth-order valence-corrected chi connectivity index (χ4v) is 2.64. The van der Waals surface area contributed by atoms with E-state index in [9.17, 15) is 4.39 Å². The molecule has 1 N–H and O–H groups in total. The molecular formula is C17H27FN2O2. The highest BCUT2D eigenvalue weighted by Gasteiger charge is 2.25. The fraction of sp³-hybridized carbons (Fsp3) is 0.647. The van der Waals surface area contributed by atoms with Crippen molar-refractivity contribution in [3.05, 3.63) is 29.8 Å². The van der Waals surface area contributed by atoms with Crippen molar-refractivity contribution in [3.63, 3.8) is 0 Å². The molecule has 0 spiro atoms. The zero-order valence-corrected chi connectivity index (χ0v) is 13.6. The van der Waals surface area contributed by atoms with E-state index in [2.05, 4.69) is 22.3 Å². The summed E-state index contributed by atoms with van der Waals surface area (Å²) < 4.78 is 23.3. The smallest absolute Gasteiger partial charge is 0.183 e. The van der Waals surface area contributed by atoms with E-state index in [1.807, 2.05) is 26.0 Å². The molecule has 4 nitrogen and oxygen atoms in total. The van der Waals surface area contributed by atoms with Gasteiger partial charge in [-0.05, 0) is 32.4 Å². The van der Waals surface area contributed by atoms with E-state index in [0.29, 0.717) is 25.7 Å². The molecule has 1 heterocycles. The Balaban J connectivity index is 1.79. The lowest BCUT2D eigenvalue weighted by Crippen LogP contribution is -2.54. The van der Waals surface area contributed by atoms with E-state index in [-0.39, 0.29) is 13.0 Å². The summed E-state index contributed by atoms with van der Waals surface area (Å²) in [5, 5.41) is 3.50. The Kier molecular flexibility index (Phi) is 7.09. The van der Waals surface area contributed by atoms with Gasteiger partial charge in [-0.15, -0.1) is 0 Å². The van der Waals surface area contributed by atoms with Gasteiger partial charge in [0.05, 0.1) is 12.7 Å². The maximum atomic E-state index is 12.1. The topological polar surface area (TPSA) is 33.7 Å². The van der Waals surface area contributed by atoms with Gasteiger partial charge >= 0.3 is 0 Å². The molecule has 1 aliphatic heterocycles. The first-order valence-electron chi connectivity index (χ1n) is 8.14. The second kappa shape index (κ2) is 9.08. The fourth-order valence-electron chi connectivity index (χ4n) is 2.64. The van der Waals surface area contributed by atoms with E-state index in [4.69, 9.17) is 9.47 Å². The Morgan fingerprint density at radius 1 is 1.18 bits per heavy atom. The van der Waals surface area contributed by atoms with Crippen LogP contribution in [0.2, 0.25) is 0 Å². The van der Waals surface area contributed by atoms with Crippen LogP contribution in [-0.2, 0) is 9.47 Å². The van der Waals surface area contributed by atoms with Crippen molar-refractivity contribution in [1.82, 2.24) is 4.90 Å². The Hall–Kier alpha value is -1.17. The summed E-state index contributed by atoms with van der Waals surface area (Å²) in [6, 6.07) is 8.66. The maximum absolute atomic E-state index is 12.1. The summed E-state index contributed by atoms with van der Waals surface area (Å²) in [6.45, 7) is 7.79.